The van der Waals surface area contributed by atoms with Crippen LogP contribution in [-0.4, -0.2) is 42.9 Å². The monoisotopic (exact) mass is 322 g/mol. The number of anilines is 1. The molecule has 0 aliphatic carbocycles. The quantitative estimate of drug-likeness (QED) is 0.845. The summed E-state index contributed by atoms with van der Waals surface area (Å²) in [6.45, 7) is 0.804. The topological polar surface area (TPSA) is 58.6 Å². The van der Waals surface area contributed by atoms with E-state index < -0.39 is 0 Å². The van der Waals surface area contributed by atoms with Gasteiger partial charge in [0, 0.05) is 32.0 Å². The number of ether oxygens (including phenoxy) is 1. The van der Waals surface area contributed by atoms with E-state index in [1.807, 2.05) is 24.3 Å². The van der Waals surface area contributed by atoms with Crippen LogP contribution in [0.15, 0.2) is 29.2 Å². The van der Waals surface area contributed by atoms with Gasteiger partial charge in [-0.05, 0) is 43.2 Å². The van der Waals surface area contributed by atoms with E-state index in [1.54, 1.807) is 14.1 Å². The van der Waals surface area contributed by atoms with Crippen LogP contribution in [0, 0.1) is 0 Å². The number of nitrogens with one attached hydrogen (secondary N) is 1. The molecule has 1 aromatic carbocycles. The predicted molar refractivity (Wildman–Crippen MR) is 88.2 cm³/mol. The van der Waals surface area contributed by atoms with E-state index in [9.17, 15) is 9.59 Å². The first-order valence-electron chi connectivity index (χ1n) is 7.46. The lowest BCUT2D eigenvalue weighted by Gasteiger charge is -2.13. The zero-order chi connectivity index (χ0) is 15.9. The van der Waals surface area contributed by atoms with Crippen molar-refractivity contribution in [3.8, 4) is 0 Å². The predicted octanol–water partition coefficient (Wildman–Crippen LogP) is 3.36. The molecular formula is C16H22N2O3S. The van der Waals surface area contributed by atoms with Crippen molar-refractivity contribution in [3.63, 3.8) is 0 Å². The fourth-order valence-electron chi connectivity index (χ4n) is 2.22. The maximum absolute atomic E-state index is 12.1. The van der Waals surface area contributed by atoms with Crippen LogP contribution in [0.5, 0.6) is 0 Å². The minimum absolute atomic E-state index is 0.0409. The first-order chi connectivity index (χ1) is 10.6. The Bertz CT molecular complexity index is 528. The van der Waals surface area contributed by atoms with Gasteiger partial charge in [-0.2, -0.15) is 0 Å². The Labute approximate surface area is 135 Å². The van der Waals surface area contributed by atoms with Gasteiger partial charge in [0.1, 0.15) is 0 Å². The molecule has 0 saturated carbocycles. The molecule has 1 heterocycles. The van der Waals surface area contributed by atoms with Crippen molar-refractivity contribution < 1.29 is 14.3 Å². The van der Waals surface area contributed by atoms with Gasteiger partial charge < -0.3 is 15.0 Å². The Morgan fingerprint density at radius 1 is 1.36 bits per heavy atom. The number of nitrogens with zero attached hydrogens (tertiary/aromatic N) is 1. The molecule has 0 bridgehead atoms. The smallest absolute Gasteiger partial charge is 0.286 e. The average molecular weight is 322 g/mol. The number of thioether (sulfide) groups is 1. The van der Waals surface area contributed by atoms with Crippen LogP contribution < -0.4 is 5.32 Å². The summed E-state index contributed by atoms with van der Waals surface area (Å²) in [5.41, 5.74) is 0.681. The number of carbonyl (C=O) groups is 2. The summed E-state index contributed by atoms with van der Waals surface area (Å²) >= 11 is 1.11. The third-order valence-corrected chi connectivity index (χ3v) is 4.56. The Morgan fingerprint density at radius 3 is 2.82 bits per heavy atom. The van der Waals surface area contributed by atoms with Crippen molar-refractivity contribution in [2.24, 2.45) is 0 Å². The third-order valence-electron chi connectivity index (χ3n) is 3.44. The van der Waals surface area contributed by atoms with Gasteiger partial charge in [-0.1, -0.05) is 12.1 Å². The van der Waals surface area contributed by atoms with E-state index in [2.05, 4.69) is 5.32 Å². The summed E-state index contributed by atoms with van der Waals surface area (Å²) in [6, 6.07) is 7.35. The molecule has 22 heavy (non-hydrogen) atoms. The highest BCUT2D eigenvalue weighted by atomic mass is 32.2. The van der Waals surface area contributed by atoms with Crippen LogP contribution in [0.1, 0.15) is 25.7 Å². The normalized spacial score (nSPS) is 17.3. The van der Waals surface area contributed by atoms with E-state index in [0.29, 0.717) is 12.1 Å². The first kappa shape index (κ1) is 16.8. The summed E-state index contributed by atoms with van der Waals surface area (Å²) in [4.78, 5) is 26.2. The van der Waals surface area contributed by atoms with Crippen LogP contribution in [0.2, 0.25) is 0 Å². The molecule has 0 radical (unpaired) electrons. The molecule has 1 aliphatic heterocycles. The number of benzene rings is 1. The zero-order valence-corrected chi connectivity index (χ0v) is 13.8. The van der Waals surface area contributed by atoms with E-state index in [0.717, 1.165) is 42.5 Å². The molecule has 1 saturated heterocycles. The summed E-state index contributed by atoms with van der Waals surface area (Å²) in [5.74, 6) is -0.0409. The lowest BCUT2D eigenvalue weighted by molar-refractivity contribution is -0.116. The van der Waals surface area contributed by atoms with Crippen LogP contribution in [0.3, 0.4) is 0 Å². The van der Waals surface area contributed by atoms with Gasteiger partial charge in [0.2, 0.25) is 5.91 Å². The molecule has 120 valence electrons. The van der Waals surface area contributed by atoms with E-state index in [-0.39, 0.29) is 17.3 Å². The number of carbonyl (C=O) groups excluding carboxylic acids is 2. The van der Waals surface area contributed by atoms with Gasteiger partial charge >= 0.3 is 0 Å². The molecule has 1 N–H and O–H groups in total. The minimum atomic E-state index is -0.0685. The minimum Gasteiger partial charge on any atom is -0.378 e. The molecule has 2 amide bonds. The molecule has 1 aliphatic rings. The maximum Gasteiger partial charge on any atom is 0.286 e. The lowest BCUT2D eigenvalue weighted by Crippen LogP contribution is -2.17. The number of hydrogen-bond donors (Lipinski definition) is 1. The van der Waals surface area contributed by atoms with Gasteiger partial charge in [0.15, 0.2) is 0 Å². The number of hydrogen-bond acceptors (Lipinski definition) is 4. The lowest BCUT2D eigenvalue weighted by atomic mass is 10.1. The first-order valence-corrected chi connectivity index (χ1v) is 8.27. The second kappa shape index (κ2) is 8.19. The zero-order valence-electron chi connectivity index (χ0n) is 13.0. The molecule has 6 heteroatoms. The number of para-hydroxylation sites is 1. The van der Waals surface area contributed by atoms with Gasteiger partial charge in [0.05, 0.1) is 11.8 Å². The molecule has 1 aromatic rings. The van der Waals surface area contributed by atoms with Crippen molar-refractivity contribution in [2.45, 2.75) is 36.7 Å². The highest BCUT2D eigenvalue weighted by molar-refractivity contribution is 8.13. The van der Waals surface area contributed by atoms with Crippen molar-refractivity contribution in [1.82, 2.24) is 4.90 Å². The summed E-state index contributed by atoms with van der Waals surface area (Å²) in [6.07, 6.45) is 3.52. The Kier molecular flexibility index (Phi) is 6.27. The van der Waals surface area contributed by atoms with Crippen LogP contribution in [0.4, 0.5) is 10.5 Å². The molecule has 2 rings (SSSR count). The summed E-state index contributed by atoms with van der Waals surface area (Å²) in [7, 11) is 3.41. The van der Waals surface area contributed by atoms with Gasteiger partial charge in [0.25, 0.3) is 5.24 Å². The Balaban J connectivity index is 1.90. The van der Waals surface area contributed by atoms with E-state index >= 15 is 0 Å². The number of rotatable bonds is 5. The standard InChI is InChI=1S/C16H22N2O3S/c1-18(2)16(20)22-14-8-4-3-7-13(14)17-15(19)10-9-12-6-5-11-21-12/h3-4,7-8,12H,5-6,9-11H2,1-2H3,(H,17,19). The molecule has 0 aromatic heterocycles. The second-order valence-corrected chi connectivity index (χ2v) is 6.47. The van der Waals surface area contributed by atoms with E-state index in [4.69, 9.17) is 4.74 Å². The van der Waals surface area contributed by atoms with E-state index in [1.165, 1.54) is 4.90 Å². The molecule has 1 atom stereocenters. The third kappa shape index (κ3) is 5.03. The second-order valence-electron chi connectivity index (χ2n) is 5.48. The summed E-state index contributed by atoms with van der Waals surface area (Å²) in [5, 5.41) is 2.82. The fraction of sp³-hybridized carbons (Fsp3) is 0.500. The fourth-order valence-corrected chi connectivity index (χ4v) is 2.97. The largest absolute Gasteiger partial charge is 0.378 e. The Morgan fingerprint density at radius 2 is 2.14 bits per heavy atom. The Hall–Kier alpha value is -1.53. The SMILES string of the molecule is CN(C)C(=O)Sc1ccccc1NC(=O)CCC1CCCO1. The van der Waals surface area contributed by atoms with Crippen LogP contribution in [0.25, 0.3) is 0 Å². The molecular weight excluding hydrogens is 300 g/mol. The average Bonchev–Trinajstić information content (AvgIpc) is 3.00. The van der Waals surface area contributed by atoms with Crippen LogP contribution in [-0.2, 0) is 9.53 Å². The van der Waals surface area contributed by atoms with Gasteiger partial charge in [-0.25, -0.2) is 0 Å². The van der Waals surface area contributed by atoms with Gasteiger partial charge in [-0.15, -0.1) is 0 Å². The highest BCUT2D eigenvalue weighted by Gasteiger charge is 2.17. The van der Waals surface area contributed by atoms with Gasteiger partial charge in [-0.3, -0.25) is 9.59 Å². The van der Waals surface area contributed by atoms with Crippen molar-refractivity contribution in [3.05, 3.63) is 24.3 Å². The molecule has 1 unspecified atom stereocenters. The van der Waals surface area contributed by atoms with Crippen LogP contribution >= 0.6 is 11.8 Å². The van der Waals surface area contributed by atoms with Crippen molar-refractivity contribution in [1.29, 1.82) is 0 Å². The molecule has 1 fully saturated rings. The maximum atomic E-state index is 12.1. The van der Waals surface area contributed by atoms with Crippen molar-refractivity contribution >= 4 is 28.6 Å². The summed E-state index contributed by atoms with van der Waals surface area (Å²) < 4.78 is 5.52. The highest BCUT2D eigenvalue weighted by Crippen LogP contribution is 2.29. The van der Waals surface area contributed by atoms with Crippen molar-refractivity contribution in [2.75, 3.05) is 26.0 Å². The molecule has 5 nitrogen and oxygen atoms in total. The molecule has 0 spiro atoms. The number of amides is 2.